The zero-order valence-corrected chi connectivity index (χ0v) is 12.6. The van der Waals surface area contributed by atoms with Gasteiger partial charge in [0.2, 0.25) is 5.91 Å². The molecule has 1 amide bonds. The van der Waals surface area contributed by atoms with Crippen LogP contribution < -0.4 is 5.32 Å². The lowest BCUT2D eigenvalue weighted by molar-refractivity contribution is -0.120. The van der Waals surface area contributed by atoms with Gasteiger partial charge in [-0.05, 0) is 23.6 Å². The molecule has 3 rings (SSSR count). The van der Waals surface area contributed by atoms with Crippen LogP contribution >= 0.6 is 0 Å². The Hall–Kier alpha value is -2.53. The van der Waals surface area contributed by atoms with E-state index in [-0.39, 0.29) is 12.3 Å². The van der Waals surface area contributed by atoms with Gasteiger partial charge in [-0.25, -0.2) is 0 Å². The number of carbonyl (C=O) groups is 1. The van der Waals surface area contributed by atoms with E-state index < -0.39 is 5.94 Å². The number of carbonyl (C=O) groups excluding carboxylic acids is 1. The van der Waals surface area contributed by atoms with E-state index in [1.165, 1.54) is 0 Å². The highest BCUT2D eigenvalue weighted by atomic mass is 16.3. The average Bonchev–Trinajstić information content (AvgIpc) is 2.98. The normalized spacial score (nSPS) is 12.0. The van der Waals surface area contributed by atoms with Crippen molar-refractivity contribution in [3.63, 3.8) is 0 Å². The van der Waals surface area contributed by atoms with E-state index in [1.807, 2.05) is 54.6 Å². The van der Waals surface area contributed by atoms with Gasteiger partial charge in [0.15, 0.2) is 0 Å². The second-order valence-electron chi connectivity index (χ2n) is 5.45. The molecule has 1 heterocycles. The van der Waals surface area contributed by atoms with Crippen molar-refractivity contribution in [2.24, 2.45) is 0 Å². The molecule has 1 atom stereocenters. The third kappa shape index (κ3) is 3.82. The number of hydrogen-bond acceptors (Lipinski definition) is 3. The molecule has 1 radical (unpaired) electrons. The molecule has 0 bridgehead atoms. The van der Waals surface area contributed by atoms with Gasteiger partial charge >= 0.3 is 7.48 Å². The zero-order chi connectivity index (χ0) is 16.1. The number of nitrogens with one attached hydrogen (secondary N) is 1. The molecule has 2 aromatic carbocycles. The summed E-state index contributed by atoms with van der Waals surface area (Å²) in [6.07, 6.45) is 2.44. The van der Waals surface area contributed by atoms with Crippen LogP contribution in [-0.2, 0) is 17.6 Å². The van der Waals surface area contributed by atoms with Crippen molar-refractivity contribution in [2.75, 3.05) is 0 Å². The summed E-state index contributed by atoms with van der Waals surface area (Å²) < 4.78 is 5.49. The van der Waals surface area contributed by atoms with Gasteiger partial charge in [-0.1, -0.05) is 48.5 Å². The van der Waals surface area contributed by atoms with Crippen LogP contribution in [0.25, 0.3) is 11.0 Å². The molecule has 0 aliphatic heterocycles. The fraction of sp³-hybridized carbons (Fsp3) is 0.167. The monoisotopic (exact) mass is 306 g/mol. The summed E-state index contributed by atoms with van der Waals surface area (Å²) in [6.45, 7) is 0. The lowest BCUT2D eigenvalue weighted by atomic mass is 9.83. The molecule has 1 unspecified atom stereocenters. The van der Waals surface area contributed by atoms with E-state index in [4.69, 9.17) is 4.42 Å². The molecule has 1 aromatic heterocycles. The smallest absolute Gasteiger partial charge is 0.312 e. The van der Waals surface area contributed by atoms with Gasteiger partial charge in [-0.3, -0.25) is 4.79 Å². The molecule has 0 fully saturated rings. The molecule has 2 N–H and O–H groups in total. The number of para-hydroxylation sites is 1. The fourth-order valence-corrected chi connectivity index (χ4v) is 2.61. The molecule has 0 spiro atoms. The van der Waals surface area contributed by atoms with Gasteiger partial charge in [0.1, 0.15) is 5.58 Å². The number of hydrogen-bond donors (Lipinski definition) is 2. The number of fused-ring (bicyclic) bond motifs is 1. The predicted molar refractivity (Wildman–Crippen MR) is 90.0 cm³/mol. The quantitative estimate of drug-likeness (QED) is 0.687. The number of rotatable bonds is 6. The first-order chi connectivity index (χ1) is 11.3. The third-order valence-corrected chi connectivity index (χ3v) is 3.73. The van der Waals surface area contributed by atoms with E-state index in [2.05, 4.69) is 5.32 Å². The minimum atomic E-state index is -0.452. The highest BCUT2D eigenvalue weighted by Gasteiger charge is 2.17. The van der Waals surface area contributed by atoms with Crippen LogP contribution in [0.1, 0.15) is 11.1 Å². The molecular formula is C18H17BNO3. The highest BCUT2D eigenvalue weighted by Crippen LogP contribution is 2.21. The lowest BCUT2D eigenvalue weighted by Crippen LogP contribution is -2.41. The summed E-state index contributed by atoms with van der Waals surface area (Å²) in [5.41, 5.74) is 2.70. The average molecular weight is 306 g/mol. The minimum absolute atomic E-state index is 0.126. The largest absolute Gasteiger partial charge is 0.464 e. The van der Waals surface area contributed by atoms with Crippen LogP contribution in [0.3, 0.4) is 0 Å². The summed E-state index contributed by atoms with van der Waals surface area (Å²) in [7, 11) is 1.02. The van der Waals surface area contributed by atoms with Crippen LogP contribution in [0.2, 0.25) is 0 Å². The Morgan fingerprint density at radius 2 is 1.87 bits per heavy atom. The van der Waals surface area contributed by atoms with Crippen LogP contribution in [0.5, 0.6) is 0 Å². The van der Waals surface area contributed by atoms with Gasteiger partial charge in [0, 0.05) is 11.3 Å². The maximum absolute atomic E-state index is 12.1. The predicted octanol–water partition coefficient (Wildman–Crippen LogP) is 2.27. The van der Waals surface area contributed by atoms with Crippen molar-refractivity contribution in [2.45, 2.75) is 18.8 Å². The Kier molecular flexibility index (Phi) is 4.78. The van der Waals surface area contributed by atoms with Gasteiger partial charge in [-0.2, -0.15) is 0 Å². The van der Waals surface area contributed by atoms with E-state index in [1.54, 1.807) is 6.26 Å². The molecule has 23 heavy (non-hydrogen) atoms. The maximum Gasteiger partial charge on any atom is 0.312 e. The van der Waals surface area contributed by atoms with Gasteiger partial charge in [0.25, 0.3) is 0 Å². The van der Waals surface area contributed by atoms with E-state index in [9.17, 15) is 9.82 Å². The Bertz CT molecular complexity index is 785. The molecule has 0 aliphatic rings. The van der Waals surface area contributed by atoms with Crippen LogP contribution in [0.4, 0.5) is 0 Å². The summed E-state index contributed by atoms with van der Waals surface area (Å²) in [6, 6.07) is 17.2. The zero-order valence-electron chi connectivity index (χ0n) is 12.6. The first-order valence-electron chi connectivity index (χ1n) is 7.52. The first kappa shape index (κ1) is 15.4. The summed E-state index contributed by atoms with van der Waals surface area (Å²) in [5, 5.41) is 13.3. The number of furan rings is 1. The van der Waals surface area contributed by atoms with Crippen LogP contribution in [0, 0.1) is 0 Å². The third-order valence-electron chi connectivity index (χ3n) is 3.73. The topological polar surface area (TPSA) is 62.5 Å². The summed E-state index contributed by atoms with van der Waals surface area (Å²) >= 11 is 0. The van der Waals surface area contributed by atoms with E-state index >= 15 is 0 Å². The molecule has 0 aliphatic carbocycles. The standard InChI is InChI=1S/C18H17BNO3/c21-18(10-13-6-2-1-3-7-13)20-17(19-22)11-14-12-23-16-9-5-4-8-15(14)16/h1-9,12,17,22H,10-11H2,(H,20,21). The fourth-order valence-electron chi connectivity index (χ4n) is 2.61. The number of benzene rings is 2. The van der Waals surface area contributed by atoms with E-state index in [0.29, 0.717) is 6.42 Å². The van der Waals surface area contributed by atoms with Gasteiger partial charge in [-0.15, -0.1) is 0 Å². The van der Waals surface area contributed by atoms with Crippen molar-refractivity contribution >= 4 is 24.4 Å². The van der Waals surface area contributed by atoms with Crippen molar-refractivity contribution in [1.29, 1.82) is 0 Å². The molecule has 5 heteroatoms. The van der Waals surface area contributed by atoms with E-state index in [0.717, 1.165) is 29.6 Å². The maximum atomic E-state index is 12.1. The molecule has 115 valence electrons. The Balaban J connectivity index is 1.65. The highest BCUT2D eigenvalue weighted by molar-refractivity contribution is 6.28. The molecular weight excluding hydrogens is 289 g/mol. The molecule has 4 nitrogen and oxygen atoms in total. The van der Waals surface area contributed by atoms with Crippen molar-refractivity contribution < 1.29 is 14.2 Å². The van der Waals surface area contributed by atoms with Crippen molar-refractivity contribution in [3.8, 4) is 0 Å². The van der Waals surface area contributed by atoms with Gasteiger partial charge < -0.3 is 14.8 Å². The SMILES string of the molecule is O=C(Cc1ccccc1)NC([B]O)Cc1coc2ccccc12. The second-order valence-corrected chi connectivity index (χ2v) is 5.45. The summed E-state index contributed by atoms with van der Waals surface area (Å²) in [4.78, 5) is 12.1. The minimum Gasteiger partial charge on any atom is -0.464 e. The van der Waals surface area contributed by atoms with Gasteiger partial charge in [0.05, 0.1) is 12.7 Å². The lowest BCUT2D eigenvalue weighted by Gasteiger charge is -2.14. The molecule has 0 saturated heterocycles. The molecule has 3 aromatic rings. The summed E-state index contributed by atoms with van der Waals surface area (Å²) in [5.74, 6) is -0.577. The second kappa shape index (κ2) is 7.16. The van der Waals surface area contributed by atoms with Crippen LogP contribution in [-0.4, -0.2) is 24.4 Å². The Labute approximate surface area is 135 Å². The van der Waals surface area contributed by atoms with Crippen molar-refractivity contribution in [3.05, 3.63) is 72.0 Å². The number of amides is 1. The molecule has 0 saturated carbocycles. The van der Waals surface area contributed by atoms with Crippen molar-refractivity contribution in [1.82, 2.24) is 5.32 Å². The Morgan fingerprint density at radius 3 is 2.65 bits per heavy atom. The first-order valence-corrected chi connectivity index (χ1v) is 7.52. The van der Waals surface area contributed by atoms with Crippen LogP contribution in [0.15, 0.2) is 65.3 Å². The Morgan fingerprint density at radius 1 is 1.13 bits per heavy atom.